The van der Waals surface area contributed by atoms with Gasteiger partial charge < -0.3 is 16.2 Å². The summed E-state index contributed by atoms with van der Waals surface area (Å²) >= 11 is 0. The molecule has 0 bridgehead atoms. The van der Waals surface area contributed by atoms with Crippen molar-refractivity contribution in [2.75, 3.05) is 13.1 Å². The summed E-state index contributed by atoms with van der Waals surface area (Å²) in [6, 6.07) is 2.71. The van der Waals surface area contributed by atoms with Crippen molar-refractivity contribution in [1.29, 1.82) is 0 Å². The first kappa shape index (κ1) is 14.3. The molecular weight excluding hydrogens is 275 g/mol. The van der Waals surface area contributed by atoms with Gasteiger partial charge in [-0.15, -0.1) is 0 Å². The first-order chi connectivity index (χ1) is 9.36. The lowest BCUT2D eigenvalue weighted by atomic mass is 9.88. The Kier molecular flexibility index (Phi) is 3.67. The minimum atomic E-state index is -3.03. The molecule has 0 aromatic heterocycles. The van der Waals surface area contributed by atoms with E-state index in [2.05, 4.69) is 10.3 Å². The van der Waals surface area contributed by atoms with Gasteiger partial charge in [-0.1, -0.05) is 0 Å². The van der Waals surface area contributed by atoms with Crippen LogP contribution in [0.5, 0.6) is 0 Å². The standard InChI is InChI=1S/C12H12F3N3O2/c13-8-2-1-6(10(19)20)3-7(8)12(11(14)15)5-17-4-9(16)18-12/h1-3,11,17H,4-5H2,(H2,16,18)(H,19,20). The largest absolute Gasteiger partial charge is 0.478 e. The van der Waals surface area contributed by atoms with E-state index in [1.807, 2.05) is 0 Å². The van der Waals surface area contributed by atoms with Crippen LogP contribution in [-0.4, -0.2) is 36.4 Å². The Bertz CT molecular complexity index is 577. The van der Waals surface area contributed by atoms with Crippen LogP contribution >= 0.6 is 0 Å². The summed E-state index contributed by atoms with van der Waals surface area (Å²) in [6.07, 6.45) is -3.03. The summed E-state index contributed by atoms with van der Waals surface area (Å²) in [6.45, 7) is -0.208. The number of nitrogens with one attached hydrogen (secondary N) is 1. The highest BCUT2D eigenvalue weighted by atomic mass is 19.3. The number of aromatic carboxylic acids is 1. The molecule has 1 unspecified atom stereocenters. The third-order valence-electron chi connectivity index (χ3n) is 3.08. The van der Waals surface area contributed by atoms with Crippen LogP contribution in [0.15, 0.2) is 23.2 Å². The number of nitrogens with two attached hydrogens (primary N) is 1. The summed E-state index contributed by atoms with van der Waals surface area (Å²) in [5.74, 6) is -2.37. The molecule has 0 radical (unpaired) electrons. The molecule has 0 saturated heterocycles. The molecule has 8 heteroatoms. The Hall–Kier alpha value is -2.09. The van der Waals surface area contributed by atoms with E-state index in [1.54, 1.807) is 0 Å². The highest BCUT2D eigenvalue weighted by molar-refractivity contribution is 5.88. The number of hydrogen-bond donors (Lipinski definition) is 3. The Morgan fingerprint density at radius 1 is 1.50 bits per heavy atom. The third kappa shape index (κ3) is 2.34. The van der Waals surface area contributed by atoms with Crippen LogP contribution in [0.3, 0.4) is 0 Å². The first-order valence-electron chi connectivity index (χ1n) is 5.73. The molecule has 1 heterocycles. The predicted octanol–water partition coefficient (Wildman–Crippen LogP) is 0.945. The average Bonchev–Trinajstić information content (AvgIpc) is 2.38. The lowest BCUT2D eigenvalue weighted by Crippen LogP contribution is -2.51. The Balaban J connectivity index is 2.64. The van der Waals surface area contributed by atoms with Gasteiger partial charge in [-0.05, 0) is 18.2 Å². The quantitative estimate of drug-likeness (QED) is 0.772. The smallest absolute Gasteiger partial charge is 0.335 e. The van der Waals surface area contributed by atoms with Crippen LogP contribution in [0.1, 0.15) is 15.9 Å². The van der Waals surface area contributed by atoms with Gasteiger partial charge in [0.15, 0.2) is 5.54 Å². The number of alkyl halides is 2. The maximum absolute atomic E-state index is 13.9. The molecule has 2 rings (SSSR count). The second kappa shape index (κ2) is 5.12. The van der Waals surface area contributed by atoms with E-state index >= 15 is 0 Å². The van der Waals surface area contributed by atoms with Crippen molar-refractivity contribution < 1.29 is 23.1 Å². The van der Waals surface area contributed by atoms with E-state index in [-0.39, 0.29) is 24.5 Å². The molecule has 0 fully saturated rings. The SMILES string of the molecule is NC1=NC(c2cc(C(=O)O)ccc2F)(C(F)F)CNC1. The Morgan fingerprint density at radius 3 is 2.75 bits per heavy atom. The minimum absolute atomic E-state index is 0.0864. The summed E-state index contributed by atoms with van der Waals surface area (Å²) in [7, 11) is 0. The predicted molar refractivity (Wildman–Crippen MR) is 65.5 cm³/mol. The molecule has 0 aliphatic carbocycles. The highest BCUT2D eigenvalue weighted by Gasteiger charge is 2.45. The number of amidine groups is 1. The third-order valence-corrected chi connectivity index (χ3v) is 3.08. The lowest BCUT2D eigenvalue weighted by Gasteiger charge is -2.34. The normalized spacial score (nSPS) is 22.7. The van der Waals surface area contributed by atoms with Gasteiger partial charge in [0.2, 0.25) is 0 Å². The lowest BCUT2D eigenvalue weighted by molar-refractivity contribution is 0.0488. The van der Waals surface area contributed by atoms with Crippen molar-refractivity contribution in [3.05, 3.63) is 35.1 Å². The average molecular weight is 287 g/mol. The number of carboxylic acids is 1. The van der Waals surface area contributed by atoms with Crippen molar-refractivity contribution in [3.8, 4) is 0 Å². The molecule has 0 saturated carbocycles. The van der Waals surface area contributed by atoms with Crippen LogP contribution < -0.4 is 11.1 Å². The van der Waals surface area contributed by atoms with Gasteiger partial charge in [0.05, 0.1) is 12.1 Å². The zero-order valence-corrected chi connectivity index (χ0v) is 10.2. The molecule has 1 atom stereocenters. The van der Waals surface area contributed by atoms with E-state index < -0.39 is 29.3 Å². The van der Waals surface area contributed by atoms with E-state index in [0.717, 1.165) is 18.2 Å². The fraction of sp³-hybridized carbons (Fsp3) is 0.333. The Morgan fingerprint density at radius 2 is 2.20 bits per heavy atom. The maximum Gasteiger partial charge on any atom is 0.335 e. The van der Waals surface area contributed by atoms with E-state index in [4.69, 9.17) is 10.8 Å². The molecular formula is C12H12F3N3O2. The van der Waals surface area contributed by atoms with Crippen molar-refractivity contribution in [2.45, 2.75) is 12.0 Å². The molecule has 0 amide bonds. The highest BCUT2D eigenvalue weighted by Crippen LogP contribution is 2.35. The van der Waals surface area contributed by atoms with Gasteiger partial charge in [0, 0.05) is 12.1 Å². The van der Waals surface area contributed by atoms with Crippen molar-refractivity contribution >= 4 is 11.8 Å². The number of benzene rings is 1. The molecule has 20 heavy (non-hydrogen) atoms. The van der Waals surface area contributed by atoms with Crippen LogP contribution in [0.25, 0.3) is 0 Å². The summed E-state index contributed by atoms with van der Waals surface area (Å²) in [5.41, 5.74) is 2.46. The Labute approximate surface area is 112 Å². The van der Waals surface area contributed by atoms with E-state index in [0.29, 0.717) is 0 Å². The monoisotopic (exact) mass is 287 g/mol. The van der Waals surface area contributed by atoms with Crippen molar-refractivity contribution in [3.63, 3.8) is 0 Å². The number of aliphatic imine (C=N–C) groups is 1. The molecule has 4 N–H and O–H groups in total. The number of carbonyl (C=O) groups is 1. The van der Waals surface area contributed by atoms with E-state index in [9.17, 15) is 18.0 Å². The van der Waals surface area contributed by atoms with Gasteiger partial charge in [0.25, 0.3) is 6.43 Å². The van der Waals surface area contributed by atoms with Gasteiger partial charge in [-0.25, -0.2) is 18.0 Å². The molecule has 1 aromatic carbocycles. The van der Waals surface area contributed by atoms with Crippen molar-refractivity contribution in [1.82, 2.24) is 5.32 Å². The van der Waals surface area contributed by atoms with Gasteiger partial charge in [-0.2, -0.15) is 0 Å². The molecule has 1 aromatic rings. The maximum atomic E-state index is 13.9. The van der Waals surface area contributed by atoms with Gasteiger partial charge >= 0.3 is 5.97 Å². The molecule has 1 aliphatic heterocycles. The number of rotatable bonds is 3. The zero-order chi connectivity index (χ0) is 14.9. The van der Waals surface area contributed by atoms with Crippen molar-refractivity contribution in [2.24, 2.45) is 10.7 Å². The van der Waals surface area contributed by atoms with Gasteiger partial charge in [-0.3, -0.25) is 4.99 Å². The number of hydrogen-bond acceptors (Lipinski definition) is 4. The summed E-state index contributed by atoms with van der Waals surface area (Å²) < 4.78 is 40.7. The van der Waals surface area contributed by atoms with Crippen LogP contribution in [0, 0.1) is 5.82 Å². The molecule has 1 aliphatic rings. The minimum Gasteiger partial charge on any atom is -0.478 e. The second-order valence-corrected chi connectivity index (χ2v) is 4.43. The molecule has 5 nitrogen and oxygen atoms in total. The fourth-order valence-corrected chi connectivity index (χ4v) is 2.11. The summed E-state index contributed by atoms with van der Waals surface area (Å²) in [5, 5.41) is 11.5. The number of nitrogens with zero attached hydrogens (tertiary/aromatic N) is 1. The fourth-order valence-electron chi connectivity index (χ4n) is 2.11. The first-order valence-corrected chi connectivity index (χ1v) is 5.73. The molecule has 108 valence electrons. The molecule has 0 spiro atoms. The van der Waals surface area contributed by atoms with Crippen LogP contribution in [0.2, 0.25) is 0 Å². The van der Waals surface area contributed by atoms with Crippen LogP contribution in [0.4, 0.5) is 13.2 Å². The number of carboxylic acid groups (broad SMARTS) is 1. The zero-order valence-electron chi connectivity index (χ0n) is 10.2. The topological polar surface area (TPSA) is 87.7 Å². The van der Waals surface area contributed by atoms with E-state index in [1.165, 1.54) is 0 Å². The van der Waals surface area contributed by atoms with Crippen LogP contribution in [-0.2, 0) is 5.54 Å². The second-order valence-electron chi connectivity index (χ2n) is 4.43. The number of halogens is 3. The van der Waals surface area contributed by atoms with Gasteiger partial charge in [0.1, 0.15) is 11.7 Å². The summed E-state index contributed by atoms with van der Waals surface area (Å²) in [4.78, 5) is 14.6.